The van der Waals surface area contributed by atoms with E-state index in [-0.39, 0.29) is 29.5 Å². The van der Waals surface area contributed by atoms with E-state index in [1.54, 1.807) is 4.90 Å². The van der Waals surface area contributed by atoms with Gasteiger partial charge in [-0.2, -0.15) is 0 Å². The zero-order chi connectivity index (χ0) is 24.6. The molecule has 34 heavy (non-hydrogen) atoms. The molecule has 0 radical (unpaired) electrons. The van der Waals surface area contributed by atoms with Gasteiger partial charge in [0.05, 0.1) is 19.8 Å². The van der Waals surface area contributed by atoms with Crippen molar-refractivity contribution in [2.24, 2.45) is 0 Å². The standard InChI is InChI=1S/C24H42N6O4/c1-3-5-12-30-21(25)20(22(32)27-23(30)33)28(11-4-2)17-19(31)26-18-24(9-7-6-8-10-24)29-13-15-34-16-14-29/h3-18,25H2,1-2H3,(H,26,31)(H,27,32,33). The molecule has 10 heteroatoms. The van der Waals surface area contributed by atoms with Crippen LogP contribution >= 0.6 is 0 Å². The highest BCUT2D eigenvalue weighted by atomic mass is 16.5. The highest BCUT2D eigenvalue weighted by molar-refractivity contribution is 5.82. The second kappa shape index (κ2) is 12.4. The third kappa shape index (κ3) is 6.21. The Kier molecular flexibility index (Phi) is 9.58. The zero-order valence-electron chi connectivity index (χ0n) is 20.9. The first-order valence-corrected chi connectivity index (χ1v) is 12.9. The third-order valence-electron chi connectivity index (χ3n) is 7.17. The minimum Gasteiger partial charge on any atom is -0.383 e. The largest absolute Gasteiger partial charge is 0.383 e. The summed E-state index contributed by atoms with van der Waals surface area (Å²) in [6, 6.07) is 0. The van der Waals surface area contributed by atoms with Gasteiger partial charge in [0.15, 0.2) is 0 Å². The van der Waals surface area contributed by atoms with E-state index in [1.807, 2.05) is 13.8 Å². The molecule has 4 N–H and O–H groups in total. The van der Waals surface area contributed by atoms with E-state index in [0.717, 1.165) is 58.4 Å². The second-order valence-corrected chi connectivity index (χ2v) is 9.58. The van der Waals surface area contributed by atoms with Gasteiger partial charge < -0.3 is 20.7 Å². The number of carbonyl (C=O) groups excluding carboxylic acids is 1. The number of nitrogen functional groups attached to an aromatic ring is 1. The minimum atomic E-state index is -0.548. The molecule has 192 valence electrons. The number of nitrogens with one attached hydrogen (secondary N) is 2. The van der Waals surface area contributed by atoms with Crippen LogP contribution in [0.3, 0.4) is 0 Å². The van der Waals surface area contributed by atoms with Crippen LogP contribution in [0.1, 0.15) is 65.2 Å². The summed E-state index contributed by atoms with van der Waals surface area (Å²) in [5, 5.41) is 3.16. The summed E-state index contributed by atoms with van der Waals surface area (Å²) in [6.45, 7) is 8.79. The Morgan fingerprint density at radius 1 is 1.15 bits per heavy atom. The first-order valence-electron chi connectivity index (χ1n) is 12.9. The molecule has 10 nitrogen and oxygen atoms in total. The van der Waals surface area contributed by atoms with Crippen LogP contribution in [0.4, 0.5) is 11.5 Å². The fourth-order valence-electron chi connectivity index (χ4n) is 5.31. The molecule has 1 saturated carbocycles. The summed E-state index contributed by atoms with van der Waals surface area (Å²) in [6.07, 6.45) is 8.11. The number of hydrogen-bond acceptors (Lipinski definition) is 7. The first-order chi connectivity index (χ1) is 16.4. The van der Waals surface area contributed by atoms with Gasteiger partial charge in [0.2, 0.25) is 5.91 Å². The Bertz CT molecular complexity index is 915. The van der Waals surface area contributed by atoms with Crippen molar-refractivity contribution in [1.82, 2.24) is 19.8 Å². The molecular formula is C24H42N6O4. The van der Waals surface area contributed by atoms with Gasteiger partial charge in [-0.15, -0.1) is 0 Å². The third-order valence-corrected chi connectivity index (χ3v) is 7.17. The Morgan fingerprint density at radius 2 is 1.85 bits per heavy atom. The zero-order valence-corrected chi connectivity index (χ0v) is 20.9. The molecule has 0 bridgehead atoms. The summed E-state index contributed by atoms with van der Waals surface area (Å²) in [5.41, 5.74) is 5.41. The number of rotatable bonds is 11. The second-order valence-electron chi connectivity index (χ2n) is 9.58. The van der Waals surface area contributed by atoms with Gasteiger partial charge in [0.25, 0.3) is 5.56 Å². The Labute approximate surface area is 201 Å². The van der Waals surface area contributed by atoms with Crippen LogP contribution in [0.25, 0.3) is 0 Å². The number of nitrogens with two attached hydrogens (primary N) is 1. The maximum absolute atomic E-state index is 13.1. The van der Waals surface area contributed by atoms with E-state index < -0.39 is 11.2 Å². The molecule has 1 saturated heterocycles. The SMILES string of the molecule is CCCCn1c(N)c(N(CCC)CC(=O)NCC2(N3CCOCC3)CCCCC2)c(=O)[nH]c1=O. The molecule has 3 rings (SSSR count). The highest BCUT2D eigenvalue weighted by Gasteiger charge is 2.39. The number of nitrogens with zero attached hydrogens (tertiary/aromatic N) is 3. The van der Waals surface area contributed by atoms with E-state index in [0.29, 0.717) is 19.6 Å². The van der Waals surface area contributed by atoms with Crippen LogP contribution in [-0.4, -0.2) is 71.8 Å². The van der Waals surface area contributed by atoms with Gasteiger partial charge in [-0.05, 0) is 25.7 Å². The van der Waals surface area contributed by atoms with E-state index >= 15 is 0 Å². The van der Waals surface area contributed by atoms with Gasteiger partial charge in [-0.1, -0.05) is 39.5 Å². The molecule has 2 fully saturated rings. The average Bonchev–Trinajstić information content (AvgIpc) is 2.84. The van der Waals surface area contributed by atoms with E-state index in [4.69, 9.17) is 10.5 Å². The molecule has 1 aromatic heterocycles. The molecule has 0 spiro atoms. The van der Waals surface area contributed by atoms with Crippen molar-refractivity contribution in [2.45, 2.75) is 77.3 Å². The number of ether oxygens (including phenoxy) is 1. The maximum atomic E-state index is 13.1. The van der Waals surface area contributed by atoms with Crippen LogP contribution in [0, 0.1) is 0 Å². The number of carbonyl (C=O) groups is 1. The number of H-pyrrole nitrogens is 1. The molecule has 1 aliphatic heterocycles. The van der Waals surface area contributed by atoms with E-state index in [1.165, 1.54) is 23.8 Å². The summed E-state index contributed by atoms with van der Waals surface area (Å²) >= 11 is 0. The number of morpholine rings is 1. The normalized spacial score (nSPS) is 18.5. The molecule has 0 atom stereocenters. The lowest BCUT2D eigenvalue weighted by Crippen LogP contribution is -2.60. The smallest absolute Gasteiger partial charge is 0.330 e. The topological polar surface area (TPSA) is 126 Å². The predicted molar refractivity (Wildman–Crippen MR) is 134 cm³/mol. The van der Waals surface area contributed by atoms with Gasteiger partial charge in [0.1, 0.15) is 11.5 Å². The fraction of sp³-hybridized carbons (Fsp3) is 0.792. The van der Waals surface area contributed by atoms with Crippen molar-refractivity contribution in [3.8, 4) is 0 Å². The number of hydrogen-bond donors (Lipinski definition) is 3. The lowest BCUT2D eigenvalue weighted by molar-refractivity contribution is -0.121. The van der Waals surface area contributed by atoms with Crippen molar-refractivity contribution in [3.63, 3.8) is 0 Å². The van der Waals surface area contributed by atoms with Crippen molar-refractivity contribution in [2.75, 3.05) is 56.6 Å². The molecule has 1 aliphatic carbocycles. The molecular weight excluding hydrogens is 436 g/mol. The minimum absolute atomic E-state index is 0.0201. The monoisotopic (exact) mass is 478 g/mol. The van der Waals surface area contributed by atoms with Crippen LogP contribution in [0.2, 0.25) is 0 Å². The number of unbranched alkanes of at least 4 members (excludes halogenated alkanes) is 1. The Hall–Kier alpha value is -2.33. The van der Waals surface area contributed by atoms with Crippen molar-refractivity contribution < 1.29 is 9.53 Å². The van der Waals surface area contributed by atoms with Crippen LogP contribution in [0.15, 0.2) is 9.59 Å². The Balaban J connectivity index is 1.75. The summed E-state index contributed by atoms with van der Waals surface area (Å²) < 4.78 is 6.95. The van der Waals surface area contributed by atoms with Crippen LogP contribution in [-0.2, 0) is 16.1 Å². The van der Waals surface area contributed by atoms with Gasteiger partial charge >= 0.3 is 5.69 Å². The van der Waals surface area contributed by atoms with Crippen LogP contribution < -0.4 is 27.2 Å². The molecule has 0 aromatic carbocycles. The number of anilines is 2. The number of aromatic amines is 1. The van der Waals surface area contributed by atoms with Crippen LogP contribution in [0.5, 0.6) is 0 Å². The summed E-state index contributed by atoms with van der Waals surface area (Å²) in [4.78, 5) is 44.7. The molecule has 2 aliphatic rings. The number of amides is 1. The van der Waals surface area contributed by atoms with Crippen molar-refractivity contribution in [3.05, 3.63) is 20.8 Å². The quantitative estimate of drug-likeness (QED) is 0.437. The van der Waals surface area contributed by atoms with Crippen molar-refractivity contribution >= 4 is 17.4 Å². The van der Waals surface area contributed by atoms with E-state index in [2.05, 4.69) is 15.2 Å². The lowest BCUT2D eigenvalue weighted by Gasteiger charge is -2.48. The van der Waals surface area contributed by atoms with Crippen molar-refractivity contribution in [1.29, 1.82) is 0 Å². The summed E-state index contributed by atoms with van der Waals surface area (Å²) in [7, 11) is 0. The predicted octanol–water partition coefficient (Wildman–Crippen LogP) is 1.29. The van der Waals surface area contributed by atoms with E-state index in [9.17, 15) is 14.4 Å². The summed E-state index contributed by atoms with van der Waals surface area (Å²) in [5.74, 6) is -0.0164. The molecule has 0 unspecified atom stereocenters. The fourth-order valence-corrected chi connectivity index (χ4v) is 5.31. The highest BCUT2D eigenvalue weighted by Crippen LogP contribution is 2.33. The first kappa shape index (κ1) is 26.3. The molecule has 2 heterocycles. The maximum Gasteiger partial charge on any atom is 0.330 e. The van der Waals surface area contributed by atoms with Gasteiger partial charge in [0, 0.05) is 38.3 Å². The number of aromatic nitrogens is 2. The lowest BCUT2D eigenvalue weighted by atomic mass is 9.79. The molecule has 1 aromatic rings. The van der Waals surface area contributed by atoms with Gasteiger partial charge in [-0.3, -0.25) is 24.0 Å². The van der Waals surface area contributed by atoms with Gasteiger partial charge in [-0.25, -0.2) is 4.79 Å². The average molecular weight is 479 g/mol. The molecule has 1 amide bonds. The Morgan fingerprint density at radius 3 is 2.50 bits per heavy atom.